The lowest BCUT2D eigenvalue weighted by molar-refractivity contribution is -0.143. The number of nitrogens with one attached hydrogen (secondary N) is 5. The fourth-order valence-electron chi connectivity index (χ4n) is 15.6. The summed E-state index contributed by atoms with van der Waals surface area (Å²) < 4.78 is 90.1. The summed E-state index contributed by atoms with van der Waals surface area (Å²) in [6.07, 6.45) is 2.73. The van der Waals surface area contributed by atoms with Gasteiger partial charge in [0, 0.05) is 76.0 Å². The maximum Gasteiger partial charge on any atom is 0.408 e. The monoisotopic (exact) mass is 1780 g/mol. The number of sulfonamides is 2. The van der Waals surface area contributed by atoms with Crippen LogP contribution >= 0.6 is 22.7 Å². The number of carboxylic acids is 1. The molecule has 672 valence electrons. The first kappa shape index (κ1) is 96.0. The van der Waals surface area contributed by atoms with E-state index in [1.54, 1.807) is 135 Å². The summed E-state index contributed by atoms with van der Waals surface area (Å²) in [4.78, 5) is 128. The van der Waals surface area contributed by atoms with E-state index in [9.17, 15) is 55.2 Å². The third-order valence-corrected chi connectivity index (χ3v) is 30.4. The summed E-state index contributed by atoms with van der Waals surface area (Å²) in [6, 6.07) is 7.50. The van der Waals surface area contributed by atoms with Crippen LogP contribution in [0.1, 0.15) is 224 Å². The highest BCUT2D eigenvalue weighted by Gasteiger charge is 2.65. The maximum atomic E-state index is 15.0. The molecule has 5 amide bonds. The van der Waals surface area contributed by atoms with E-state index in [4.69, 9.17) is 53.5 Å². The van der Waals surface area contributed by atoms with E-state index < -0.39 is 146 Å². The minimum absolute atomic E-state index is 0.0428. The molecule has 0 radical (unpaired) electrons. The van der Waals surface area contributed by atoms with E-state index in [0.717, 1.165) is 44.2 Å². The van der Waals surface area contributed by atoms with Gasteiger partial charge in [-0.3, -0.25) is 33.4 Å². The molecule has 2 aliphatic heterocycles. The highest BCUT2D eigenvalue weighted by molar-refractivity contribution is 7.92. The Morgan fingerprint density at radius 1 is 0.593 bits per heavy atom. The number of pyridine rings is 2. The Bertz CT molecular complexity index is 5340. The number of ether oxygens (including phenoxy) is 6. The van der Waals surface area contributed by atoms with Crippen LogP contribution in [0, 0.1) is 59.2 Å². The smallest absolute Gasteiger partial charge is 0.408 e. The number of rotatable bonds is 28. The molecule has 123 heavy (non-hydrogen) atoms. The number of thiazole rings is 2. The van der Waals surface area contributed by atoms with E-state index in [1.807, 2.05) is 69.5 Å². The second kappa shape index (κ2) is 35.7. The fraction of sp³-hybridized carbons (Fsp3) is 0.600. The number of carboxylic acid groups (broad SMARTS) is 1. The molecule has 12 rings (SSSR count). The molecule has 4 aromatic heterocycles. The van der Waals surface area contributed by atoms with Gasteiger partial charge in [-0.2, -0.15) is 0 Å². The molecule has 29 nitrogen and oxygen atoms in total. The minimum Gasteiger partial charge on any atom is -0.496 e. The van der Waals surface area contributed by atoms with Gasteiger partial charge in [-0.05, 0) is 167 Å². The zero-order chi connectivity index (χ0) is 91.5. The first-order valence-electron chi connectivity index (χ1n) is 41.8. The lowest BCUT2D eigenvalue weighted by atomic mass is 9.84. The van der Waals surface area contributed by atoms with Crippen LogP contribution in [0.25, 0.3) is 43.2 Å². The molecule has 6 heterocycles. The molecule has 0 unspecified atom stereocenters. The lowest BCUT2D eigenvalue weighted by Crippen LogP contribution is -2.58. The Morgan fingerprint density at radius 2 is 0.992 bits per heavy atom. The zero-order valence-electron chi connectivity index (χ0n) is 75.4. The van der Waals surface area contributed by atoms with Crippen LogP contribution < -0.4 is 44.3 Å². The third-order valence-electron chi connectivity index (χ3n) is 24.3. The van der Waals surface area contributed by atoms with Crippen LogP contribution in [-0.4, -0.2) is 179 Å². The van der Waals surface area contributed by atoms with Crippen molar-refractivity contribution in [2.45, 2.75) is 273 Å². The summed E-state index contributed by atoms with van der Waals surface area (Å²) in [5, 5.41) is 24.5. The highest BCUT2D eigenvalue weighted by atomic mass is 32.2. The predicted octanol–water partition coefficient (Wildman–Crippen LogP) is 14.8. The van der Waals surface area contributed by atoms with Gasteiger partial charge in [0.2, 0.25) is 37.8 Å². The second-order valence-electron chi connectivity index (χ2n) is 39.1. The van der Waals surface area contributed by atoms with Gasteiger partial charge in [-0.1, -0.05) is 95.2 Å². The Labute approximate surface area is 731 Å². The van der Waals surface area contributed by atoms with Gasteiger partial charge in [-0.15, -0.1) is 35.8 Å². The van der Waals surface area contributed by atoms with Crippen molar-refractivity contribution in [2.75, 3.05) is 27.3 Å². The first-order valence-corrected chi connectivity index (χ1v) is 46.6. The number of allylic oxidation sites excluding steroid dienone is 2. The zero-order valence-corrected chi connectivity index (χ0v) is 78.6. The van der Waals surface area contributed by atoms with Crippen LogP contribution in [0.5, 0.6) is 23.0 Å². The number of methoxy groups -OCH3 is 2. The van der Waals surface area contributed by atoms with Crippen LogP contribution in [0.15, 0.2) is 72.5 Å². The van der Waals surface area contributed by atoms with Crippen LogP contribution in [0.3, 0.4) is 0 Å². The van der Waals surface area contributed by atoms with Crippen molar-refractivity contribution in [3.05, 3.63) is 95.0 Å². The average molecular weight is 1780 g/mol. The normalized spacial score (nSPS) is 23.6. The topological polar surface area (TPSA) is 395 Å². The molecule has 0 spiro atoms. The van der Waals surface area contributed by atoms with Crippen LogP contribution in [0.4, 0.5) is 9.59 Å². The van der Waals surface area contributed by atoms with Crippen molar-refractivity contribution in [3.63, 3.8) is 0 Å². The number of likely N-dealkylation sites (tertiary alicyclic amines) is 1. The standard InChI is InChI=1S/C45H61N5O9S2.C34H42N4O6S2.C11H21NO4/c1-14-27-20-45(27,40(53)49-61(55,56)44(12)17-18-44)21-31(51)36-26(5)34(22-50(36)39(52)37(42(6,7)8)48-41(54)59-43(9,10)11)58-33-19-29(38-47-30(23-60-38)24(2)3)46-35-25(4)32(57-13)16-15-28(33)35;1-8-21-14-34(21,32(40)38-46(41,42)33(6)11-12-33)15-25(39)30-20(5)28(16-35-30)44-27-13-23(31-37-24(17-45-31)18(2)3)36-29-19(4)26(43-7)10-9-22(27)29;1-10(2,3)7(8(13)14)12-9(15)16-11(4,5)6/h14-16,19,23-24,26-27,34,36-37H,1,17-18,20-22H2,2-13H3,(H,48,54)(H,49,53);8-10,13,17-18,20-21,28,30,35H,1,11-12,14-16H2,2-7H3,(H,38,40);7H,1-6H3,(H,12,15)(H,13,14)/t26-,27-,34+,36+,37-,45-;20-,21-,28+,30+,34-;7-/m111/s1. The largest absolute Gasteiger partial charge is 0.496 e. The number of amides is 5. The van der Waals surface area contributed by atoms with Crippen molar-refractivity contribution in [2.24, 2.45) is 45.3 Å². The Kier molecular flexibility index (Phi) is 27.9. The molecule has 2 aromatic carbocycles. The first-order chi connectivity index (χ1) is 56.9. The highest BCUT2D eigenvalue weighted by Crippen LogP contribution is 2.59. The lowest BCUT2D eigenvalue weighted by Gasteiger charge is -2.36. The fourth-order valence-corrected chi connectivity index (χ4v) is 20.1. The maximum absolute atomic E-state index is 15.0. The average Bonchev–Trinajstić information content (AvgIpc) is 1.56. The molecule has 12 atom stereocenters. The summed E-state index contributed by atoms with van der Waals surface area (Å²) in [5.74, 6) is -2.14. The van der Waals surface area contributed by atoms with Gasteiger partial charge in [-0.25, -0.2) is 51.2 Å². The Morgan fingerprint density at radius 3 is 1.34 bits per heavy atom. The molecule has 6 fully saturated rings. The molecule has 4 saturated carbocycles. The quantitative estimate of drug-likeness (QED) is 0.0248. The molecular formula is C90H124N10O19S4. The van der Waals surface area contributed by atoms with Crippen molar-refractivity contribution >= 4 is 112 Å². The summed E-state index contributed by atoms with van der Waals surface area (Å²) in [7, 11) is -4.59. The number of alkyl carbamates (subject to hydrolysis) is 2. The third kappa shape index (κ3) is 21.2. The molecule has 6 aromatic rings. The SMILES string of the molecule is C=C[C@@H]1C[C@]1(CC(=O)[C@@H]1[C@H](C)[C@@H](Oc2cc(-c3nc(C(C)C)cs3)nc3c(C)c(OC)ccc23)CN1C(=O)[C@@H](NC(=O)OC(C)(C)C)C(C)(C)C)C(=O)NS(=O)(=O)C1(C)CC1.C=C[C@@H]1C[C@]1(CC(=O)[C@H]1NC[C@H](Oc2cc(-c3nc(C(C)C)cs3)nc3c(C)c(OC)ccc23)[C@H]1C)C(=O)NS(=O)(=O)C1(C)CC1.CC(C)(C)OC(=O)N[C@H](C(=O)O)C(C)(C)C. The summed E-state index contributed by atoms with van der Waals surface area (Å²) in [6.45, 7) is 48.3. The van der Waals surface area contributed by atoms with Crippen LogP contribution in [0.2, 0.25) is 0 Å². The van der Waals surface area contributed by atoms with Crippen molar-refractivity contribution in [1.29, 1.82) is 0 Å². The minimum atomic E-state index is -4.00. The van der Waals surface area contributed by atoms with Gasteiger partial charge in [0.05, 0.1) is 75.6 Å². The molecule has 2 saturated heterocycles. The molecule has 4 aliphatic carbocycles. The van der Waals surface area contributed by atoms with E-state index >= 15 is 0 Å². The number of Topliss-reactive ketones (excluding diaryl/α,β-unsaturated/α-hetero) is 2. The van der Waals surface area contributed by atoms with E-state index in [0.29, 0.717) is 83.2 Å². The van der Waals surface area contributed by atoms with Crippen LogP contribution in [-0.2, 0) is 58.3 Å². The summed E-state index contributed by atoms with van der Waals surface area (Å²) >= 11 is 3.01. The van der Waals surface area contributed by atoms with Gasteiger partial charge in [0.15, 0.2) is 11.6 Å². The van der Waals surface area contributed by atoms with Gasteiger partial charge in [0.1, 0.15) is 79.9 Å². The predicted molar refractivity (Wildman–Crippen MR) is 474 cm³/mol. The number of aliphatic carboxylic acids is 1. The molecule has 6 N–H and O–H groups in total. The molecule has 6 aliphatic rings. The number of carbonyl (C=O) groups is 8. The number of aryl methyl sites for hydroxylation is 2. The number of fused-ring (bicyclic) bond motifs is 2. The van der Waals surface area contributed by atoms with E-state index in [1.165, 1.54) is 16.2 Å². The molecule has 0 bridgehead atoms. The van der Waals surface area contributed by atoms with E-state index in [2.05, 4.69) is 71.6 Å². The van der Waals surface area contributed by atoms with Crippen molar-refractivity contribution in [3.8, 4) is 44.4 Å². The van der Waals surface area contributed by atoms with Gasteiger partial charge >= 0.3 is 18.2 Å². The number of benzene rings is 2. The van der Waals surface area contributed by atoms with E-state index in [-0.39, 0.29) is 61.4 Å². The van der Waals surface area contributed by atoms with Crippen molar-refractivity contribution in [1.82, 2.24) is 50.2 Å². The number of ketones is 2. The number of aromatic nitrogens is 4. The van der Waals surface area contributed by atoms with Gasteiger partial charge in [0.25, 0.3) is 0 Å². The van der Waals surface area contributed by atoms with Crippen molar-refractivity contribution < 1.29 is 88.7 Å². The second-order valence-corrected chi connectivity index (χ2v) is 45.2. The summed E-state index contributed by atoms with van der Waals surface area (Å²) in [5.41, 5.74) is 0.952. The molecule has 33 heteroatoms. The number of hydrogen-bond donors (Lipinski definition) is 6. The number of carbonyl (C=O) groups excluding carboxylic acids is 7. The number of hydrogen-bond acceptors (Lipinski definition) is 25. The Balaban J connectivity index is 0.000000224. The Hall–Kier alpha value is -9.18. The molecular weight excluding hydrogens is 1650 g/mol. The number of nitrogens with zero attached hydrogens (tertiary/aromatic N) is 5. The van der Waals surface area contributed by atoms with Gasteiger partial charge < -0.3 is 54.4 Å².